The van der Waals surface area contributed by atoms with Crippen molar-refractivity contribution in [3.05, 3.63) is 70.8 Å². The molecule has 0 saturated heterocycles. The van der Waals surface area contributed by atoms with E-state index in [1.54, 1.807) is 0 Å². The van der Waals surface area contributed by atoms with Crippen LogP contribution in [0.1, 0.15) is 43.1 Å². The third-order valence-corrected chi connectivity index (χ3v) is 4.76. The molecule has 0 fully saturated rings. The molecule has 0 atom stereocenters. The van der Waals surface area contributed by atoms with Crippen LogP contribution < -0.4 is 0 Å². The standard InChI is InChI=1S/C21H19F3N2O3/c1-25(12-10-21(22,23)24)18(27)15-7-8-16-17(13-15)20(29)26(19(16)28)11-9-14-5-3-2-4-6-14/h2-8,13H,9-12H2,1H3. The van der Waals surface area contributed by atoms with Gasteiger partial charge < -0.3 is 4.90 Å². The van der Waals surface area contributed by atoms with Gasteiger partial charge in [0.25, 0.3) is 17.7 Å². The molecule has 0 spiro atoms. The summed E-state index contributed by atoms with van der Waals surface area (Å²) in [5.74, 6) is -1.58. The number of fused-ring (bicyclic) bond motifs is 1. The Kier molecular flexibility index (Phi) is 5.72. The molecule has 29 heavy (non-hydrogen) atoms. The van der Waals surface area contributed by atoms with Gasteiger partial charge in [-0.1, -0.05) is 30.3 Å². The van der Waals surface area contributed by atoms with Crippen LogP contribution in [0.4, 0.5) is 13.2 Å². The first-order valence-electron chi connectivity index (χ1n) is 9.04. The molecule has 1 heterocycles. The number of alkyl halides is 3. The summed E-state index contributed by atoms with van der Waals surface area (Å²) in [4.78, 5) is 39.7. The molecule has 152 valence electrons. The zero-order valence-corrected chi connectivity index (χ0v) is 15.7. The summed E-state index contributed by atoms with van der Waals surface area (Å²) in [7, 11) is 1.26. The van der Waals surface area contributed by atoms with E-state index in [2.05, 4.69) is 0 Å². The van der Waals surface area contributed by atoms with E-state index in [-0.39, 0.29) is 23.2 Å². The van der Waals surface area contributed by atoms with Crippen LogP contribution in [-0.2, 0) is 6.42 Å². The largest absolute Gasteiger partial charge is 0.390 e. The predicted molar refractivity (Wildman–Crippen MR) is 99.6 cm³/mol. The Labute approximate surface area is 165 Å². The fraction of sp³-hybridized carbons (Fsp3) is 0.286. The average molecular weight is 404 g/mol. The highest BCUT2D eigenvalue weighted by molar-refractivity contribution is 6.22. The minimum absolute atomic E-state index is 0.0690. The van der Waals surface area contributed by atoms with Crippen LogP contribution in [0.25, 0.3) is 0 Å². The lowest BCUT2D eigenvalue weighted by Crippen LogP contribution is -2.31. The zero-order chi connectivity index (χ0) is 21.2. The van der Waals surface area contributed by atoms with Gasteiger partial charge in [0.1, 0.15) is 0 Å². The molecule has 3 rings (SSSR count). The van der Waals surface area contributed by atoms with Crippen molar-refractivity contribution >= 4 is 17.7 Å². The lowest BCUT2D eigenvalue weighted by molar-refractivity contribution is -0.136. The highest BCUT2D eigenvalue weighted by Crippen LogP contribution is 2.25. The van der Waals surface area contributed by atoms with Gasteiger partial charge in [-0.05, 0) is 30.2 Å². The molecule has 0 saturated carbocycles. The van der Waals surface area contributed by atoms with Crippen LogP contribution in [0.15, 0.2) is 48.5 Å². The van der Waals surface area contributed by atoms with Gasteiger partial charge in [0.15, 0.2) is 0 Å². The molecular weight excluding hydrogens is 385 g/mol. The predicted octanol–water partition coefficient (Wildman–Crippen LogP) is 3.55. The lowest BCUT2D eigenvalue weighted by atomic mass is 10.0. The first-order chi connectivity index (χ1) is 13.7. The minimum Gasteiger partial charge on any atom is -0.341 e. The van der Waals surface area contributed by atoms with Crippen molar-refractivity contribution in [2.24, 2.45) is 0 Å². The number of rotatable bonds is 6. The topological polar surface area (TPSA) is 57.7 Å². The molecule has 5 nitrogen and oxygen atoms in total. The Bertz CT molecular complexity index is 942. The highest BCUT2D eigenvalue weighted by atomic mass is 19.4. The first kappa shape index (κ1) is 20.6. The molecule has 3 amide bonds. The maximum atomic E-state index is 12.7. The monoisotopic (exact) mass is 404 g/mol. The van der Waals surface area contributed by atoms with E-state index >= 15 is 0 Å². The van der Waals surface area contributed by atoms with Gasteiger partial charge in [0.2, 0.25) is 0 Å². The van der Waals surface area contributed by atoms with Crippen LogP contribution in [0.3, 0.4) is 0 Å². The first-order valence-corrected chi connectivity index (χ1v) is 9.04. The molecule has 0 aromatic heterocycles. The molecule has 0 bridgehead atoms. The number of hydrogen-bond acceptors (Lipinski definition) is 3. The van der Waals surface area contributed by atoms with Crippen molar-refractivity contribution in [2.75, 3.05) is 20.1 Å². The number of carbonyl (C=O) groups excluding carboxylic acids is 3. The lowest BCUT2D eigenvalue weighted by Gasteiger charge is -2.18. The molecule has 1 aliphatic rings. The van der Waals surface area contributed by atoms with E-state index in [4.69, 9.17) is 0 Å². The van der Waals surface area contributed by atoms with Crippen molar-refractivity contribution in [1.82, 2.24) is 9.80 Å². The Morgan fingerprint density at radius 1 is 1.00 bits per heavy atom. The number of amides is 3. The molecule has 2 aromatic rings. The van der Waals surface area contributed by atoms with Gasteiger partial charge in [-0.15, -0.1) is 0 Å². The average Bonchev–Trinajstić information content (AvgIpc) is 2.94. The van der Waals surface area contributed by atoms with E-state index < -0.39 is 36.9 Å². The molecular formula is C21H19F3N2O3. The number of imide groups is 1. The zero-order valence-electron chi connectivity index (χ0n) is 15.7. The summed E-state index contributed by atoms with van der Waals surface area (Å²) in [5.41, 5.74) is 1.33. The summed E-state index contributed by atoms with van der Waals surface area (Å²) in [6.07, 6.45) is -4.99. The van der Waals surface area contributed by atoms with Gasteiger partial charge in [0, 0.05) is 25.7 Å². The molecule has 0 unspecified atom stereocenters. The van der Waals surface area contributed by atoms with Crippen LogP contribution in [0.5, 0.6) is 0 Å². The Hall–Kier alpha value is -3.16. The van der Waals surface area contributed by atoms with Crippen LogP contribution in [0, 0.1) is 0 Å². The molecule has 0 aliphatic carbocycles. The number of halogens is 3. The third kappa shape index (κ3) is 4.64. The summed E-state index contributed by atoms with van der Waals surface area (Å²) in [6, 6.07) is 13.4. The summed E-state index contributed by atoms with van der Waals surface area (Å²) in [6.45, 7) is -0.291. The summed E-state index contributed by atoms with van der Waals surface area (Å²) >= 11 is 0. The van der Waals surface area contributed by atoms with Crippen molar-refractivity contribution in [2.45, 2.75) is 19.0 Å². The second kappa shape index (κ2) is 8.06. The second-order valence-corrected chi connectivity index (χ2v) is 6.85. The summed E-state index contributed by atoms with van der Waals surface area (Å²) in [5, 5.41) is 0. The van der Waals surface area contributed by atoms with E-state index in [9.17, 15) is 27.6 Å². The van der Waals surface area contributed by atoms with Gasteiger partial charge in [0.05, 0.1) is 17.5 Å². The van der Waals surface area contributed by atoms with Crippen molar-refractivity contribution in [3.8, 4) is 0 Å². The number of carbonyl (C=O) groups is 3. The summed E-state index contributed by atoms with van der Waals surface area (Å²) < 4.78 is 37.1. The Morgan fingerprint density at radius 3 is 2.31 bits per heavy atom. The fourth-order valence-electron chi connectivity index (χ4n) is 3.13. The third-order valence-electron chi connectivity index (χ3n) is 4.76. The highest BCUT2D eigenvalue weighted by Gasteiger charge is 2.36. The SMILES string of the molecule is CN(CCC(F)(F)F)C(=O)c1ccc2c(c1)C(=O)N(CCc1ccccc1)C2=O. The van der Waals surface area contributed by atoms with Crippen molar-refractivity contribution in [1.29, 1.82) is 0 Å². The van der Waals surface area contributed by atoms with Crippen LogP contribution >= 0.6 is 0 Å². The van der Waals surface area contributed by atoms with E-state index in [1.807, 2.05) is 30.3 Å². The smallest absolute Gasteiger partial charge is 0.341 e. The van der Waals surface area contributed by atoms with Crippen LogP contribution in [0.2, 0.25) is 0 Å². The maximum absolute atomic E-state index is 12.7. The van der Waals surface area contributed by atoms with E-state index in [1.165, 1.54) is 25.2 Å². The van der Waals surface area contributed by atoms with E-state index in [0.29, 0.717) is 6.42 Å². The number of nitrogens with zero attached hydrogens (tertiary/aromatic N) is 2. The quantitative estimate of drug-likeness (QED) is 0.692. The van der Waals surface area contributed by atoms with Gasteiger partial charge in [-0.25, -0.2) is 0 Å². The number of hydrogen-bond donors (Lipinski definition) is 0. The molecule has 0 N–H and O–H groups in total. The van der Waals surface area contributed by atoms with E-state index in [0.717, 1.165) is 15.4 Å². The molecule has 0 radical (unpaired) electrons. The minimum atomic E-state index is -4.37. The Balaban J connectivity index is 1.72. The fourth-order valence-corrected chi connectivity index (χ4v) is 3.13. The van der Waals surface area contributed by atoms with Crippen molar-refractivity contribution < 1.29 is 27.6 Å². The van der Waals surface area contributed by atoms with Gasteiger partial charge in [-0.2, -0.15) is 13.2 Å². The normalized spacial score (nSPS) is 13.6. The second-order valence-electron chi connectivity index (χ2n) is 6.85. The molecule has 1 aliphatic heterocycles. The van der Waals surface area contributed by atoms with Gasteiger partial charge >= 0.3 is 6.18 Å². The van der Waals surface area contributed by atoms with Crippen LogP contribution in [-0.4, -0.2) is 53.8 Å². The molecule has 8 heteroatoms. The molecule has 2 aromatic carbocycles. The Morgan fingerprint density at radius 2 is 1.66 bits per heavy atom. The number of benzene rings is 2. The van der Waals surface area contributed by atoms with Gasteiger partial charge in [-0.3, -0.25) is 19.3 Å². The maximum Gasteiger partial charge on any atom is 0.390 e. The van der Waals surface area contributed by atoms with Crippen molar-refractivity contribution in [3.63, 3.8) is 0 Å².